The van der Waals surface area contributed by atoms with Crippen LogP contribution in [0, 0.1) is 0 Å². The molecule has 2 aromatic rings. The Hall–Kier alpha value is -1.03. The number of anilines is 1. The smallest absolute Gasteiger partial charge is 0.0932 e. The normalized spacial score (nSPS) is 17.6. The van der Waals surface area contributed by atoms with Crippen molar-refractivity contribution in [3.63, 3.8) is 0 Å². The standard InChI is InChI=1S/C16H19ClN2S/c1-11(18)16(14-8-9-15(17)20-14)19-10-4-6-12-5-2-3-7-13(12)19/h2-3,5,7-9,11,16H,4,6,10,18H2,1H3. The second kappa shape index (κ2) is 5.76. The van der Waals surface area contributed by atoms with Gasteiger partial charge in [-0.1, -0.05) is 29.8 Å². The van der Waals surface area contributed by atoms with Crippen LogP contribution in [-0.2, 0) is 6.42 Å². The first kappa shape index (κ1) is 13.9. The minimum atomic E-state index is 0.0656. The average Bonchev–Trinajstić information content (AvgIpc) is 2.85. The van der Waals surface area contributed by atoms with E-state index in [1.165, 1.54) is 22.5 Å². The molecule has 1 aromatic carbocycles. The van der Waals surface area contributed by atoms with E-state index in [2.05, 4.69) is 42.2 Å². The Bertz CT molecular complexity index is 594. The highest BCUT2D eigenvalue weighted by Crippen LogP contribution is 2.38. The van der Waals surface area contributed by atoms with E-state index in [-0.39, 0.29) is 12.1 Å². The third kappa shape index (κ3) is 2.58. The molecule has 2 N–H and O–H groups in total. The summed E-state index contributed by atoms with van der Waals surface area (Å²) in [5, 5.41) is 0. The van der Waals surface area contributed by atoms with Gasteiger partial charge in [0.05, 0.1) is 10.4 Å². The van der Waals surface area contributed by atoms with Gasteiger partial charge in [-0.3, -0.25) is 0 Å². The Morgan fingerprint density at radius 3 is 2.75 bits per heavy atom. The SMILES string of the molecule is CC(N)C(c1ccc(Cl)s1)N1CCCc2ccccc21. The molecule has 1 aromatic heterocycles. The Labute approximate surface area is 129 Å². The number of nitrogens with two attached hydrogens (primary N) is 1. The Balaban J connectivity index is 2.01. The van der Waals surface area contributed by atoms with E-state index < -0.39 is 0 Å². The molecular weight excluding hydrogens is 288 g/mol. The number of fused-ring (bicyclic) bond motifs is 1. The molecule has 0 spiro atoms. The van der Waals surface area contributed by atoms with E-state index in [1.54, 1.807) is 11.3 Å². The number of hydrogen-bond acceptors (Lipinski definition) is 3. The van der Waals surface area contributed by atoms with Gasteiger partial charge in [0, 0.05) is 23.2 Å². The maximum atomic E-state index is 6.29. The Morgan fingerprint density at radius 2 is 2.05 bits per heavy atom. The zero-order chi connectivity index (χ0) is 14.1. The predicted octanol–water partition coefficient (Wildman–Crippen LogP) is 4.24. The summed E-state index contributed by atoms with van der Waals surface area (Å²) in [7, 11) is 0. The van der Waals surface area contributed by atoms with Crippen molar-refractivity contribution in [2.24, 2.45) is 5.73 Å². The van der Waals surface area contributed by atoms with Crippen LogP contribution in [-0.4, -0.2) is 12.6 Å². The quantitative estimate of drug-likeness (QED) is 0.919. The number of nitrogens with zero attached hydrogens (tertiary/aromatic N) is 1. The molecule has 0 saturated heterocycles. The number of para-hydroxylation sites is 1. The molecule has 2 nitrogen and oxygen atoms in total. The van der Waals surface area contributed by atoms with Crippen LogP contribution in [0.3, 0.4) is 0 Å². The van der Waals surface area contributed by atoms with Gasteiger partial charge in [-0.05, 0) is 43.5 Å². The Kier molecular flexibility index (Phi) is 4.01. The first-order chi connectivity index (χ1) is 9.66. The molecule has 20 heavy (non-hydrogen) atoms. The highest BCUT2D eigenvalue weighted by Gasteiger charge is 2.28. The van der Waals surface area contributed by atoms with Crippen molar-refractivity contribution in [3.8, 4) is 0 Å². The van der Waals surface area contributed by atoms with Crippen LogP contribution in [0.25, 0.3) is 0 Å². The summed E-state index contributed by atoms with van der Waals surface area (Å²) in [5.41, 5.74) is 9.04. The number of thiophene rings is 1. The molecule has 2 heterocycles. The van der Waals surface area contributed by atoms with Gasteiger partial charge in [0.25, 0.3) is 0 Å². The molecule has 1 aliphatic heterocycles. The van der Waals surface area contributed by atoms with Crippen molar-refractivity contribution in [2.45, 2.75) is 31.8 Å². The van der Waals surface area contributed by atoms with E-state index in [9.17, 15) is 0 Å². The summed E-state index contributed by atoms with van der Waals surface area (Å²) < 4.78 is 0.830. The maximum Gasteiger partial charge on any atom is 0.0932 e. The summed E-state index contributed by atoms with van der Waals surface area (Å²) in [4.78, 5) is 3.70. The van der Waals surface area contributed by atoms with Crippen LogP contribution < -0.4 is 10.6 Å². The third-order valence-electron chi connectivity index (χ3n) is 3.87. The van der Waals surface area contributed by atoms with E-state index in [1.807, 2.05) is 6.07 Å². The zero-order valence-electron chi connectivity index (χ0n) is 11.6. The fraction of sp³-hybridized carbons (Fsp3) is 0.375. The van der Waals surface area contributed by atoms with Crippen LogP contribution in [0.1, 0.15) is 29.8 Å². The van der Waals surface area contributed by atoms with Gasteiger partial charge in [0.2, 0.25) is 0 Å². The second-order valence-corrected chi connectivity index (χ2v) is 7.12. The Morgan fingerprint density at radius 1 is 1.25 bits per heavy atom. The summed E-state index contributed by atoms with van der Waals surface area (Å²) in [6, 6.07) is 13.0. The molecule has 0 saturated carbocycles. The van der Waals surface area contributed by atoms with Gasteiger partial charge in [0.15, 0.2) is 0 Å². The monoisotopic (exact) mass is 306 g/mol. The summed E-state index contributed by atoms with van der Waals surface area (Å²) in [6.07, 6.45) is 2.34. The first-order valence-corrected chi connectivity index (χ1v) is 8.21. The summed E-state index contributed by atoms with van der Waals surface area (Å²) in [5.74, 6) is 0. The summed E-state index contributed by atoms with van der Waals surface area (Å²) in [6.45, 7) is 3.13. The molecule has 2 atom stereocenters. The molecule has 0 radical (unpaired) electrons. The average molecular weight is 307 g/mol. The second-order valence-electron chi connectivity index (χ2n) is 5.37. The molecule has 1 aliphatic rings. The molecule has 106 valence electrons. The van der Waals surface area contributed by atoms with Gasteiger partial charge in [-0.2, -0.15) is 0 Å². The number of halogens is 1. The van der Waals surface area contributed by atoms with Crippen LogP contribution >= 0.6 is 22.9 Å². The van der Waals surface area contributed by atoms with E-state index in [0.29, 0.717) is 0 Å². The lowest BCUT2D eigenvalue weighted by Crippen LogP contribution is -2.41. The summed E-state index contributed by atoms with van der Waals surface area (Å²) >= 11 is 7.74. The predicted molar refractivity (Wildman–Crippen MR) is 87.8 cm³/mol. The van der Waals surface area contributed by atoms with Crippen molar-refractivity contribution < 1.29 is 0 Å². The van der Waals surface area contributed by atoms with Crippen molar-refractivity contribution in [2.75, 3.05) is 11.4 Å². The lowest BCUT2D eigenvalue weighted by Gasteiger charge is -2.39. The molecule has 4 heteroatoms. The first-order valence-electron chi connectivity index (χ1n) is 7.02. The molecular formula is C16H19ClN2S. The van der Waals surface area contributed by atoms with Crippen LogP contribution in [0.4, 0.5) is 5.69 Å². The number of hydrogen-bond donors (Lipinski definition) is 1. The van der Waals surface area contributed by atoms with Gasteiger partial charge < -0.3 is 10.6 Å². The molecule has 3 rings (SSSR count). The van der Waals surface area contributed by atoms with Crippen molar-refractivity contribution in [1.82, 2.24) is 0 Å². The van der Waals surface area contributed by atoms with Gasteiger partial charge in [-0.15, -0.1) is 11.3 Å². The fourth-order valence-electron chi connectivity index (χ4n) is 3.04. The molecule has 0 amide bonds. The number of rotatable bonds is 3. The van der Waals surface area contributed by atoms with Gasteiger partial charge in [0.1, 0.15) is 0 Å². The molecule has 0 fully saturated rings. The molecule has 0 aliphatic carbocycles. The lowest BCUT2D eigenvalue weighted by atomic mass is 9.97. The van der Waals surface area contributed by atoms with E-state index >= 15 is 0 Å². The molecule has 0 bridgehead atoms. The minimum absolute atomic E-state index is 0.0656. The fourth-order valence-corrected chi connectivity index (χ4v) is 4.33. The van der Waals surface area contributed by atoms with Crippen LogP contribution in [0.5, 0.6) is 0 Å². The minimum Gasteiger partial charge on any atom is -0.362 e. The zero-order valence-corrected chi connectivity index (χ0v) is 13.1. The van der Waals surface area contributed by atoms with E-state index in [4.69, 9.17) is 17.3 Å². The highest BCUT2D eigenvalue weighted by molar-refractivity contribution is 7.16. The van der Waals surface area contributed by atoms with Crippen molar-refractivity contribution in [1.29, 1.82) is 0 Å². The largest absolute Gasteiger partial charge is 0.362 e. The highest BCUT2D eigenvalue weighted by atomic mass is 35.5. The van der Waals surface area contributed by atoms with Crippen molar-refractivity contribution >= 4 is 28.6 Å². The number of benzene rings is 1. The maximum absolute atomic E-state index is 6.29. The molecule has 2 unspecified atom stereocenters. The number of aryl methyl sites for hydroxylation is 1. The lowest BCUT2D eigenvalue weighted by molar-refractivity contribution is 0.517. The van der Waals surface area contributed by atoms with Crippen LogP contribution in [0.15, 0.2) is 36.4 Å². The van der Waals surface area contributed by atoms with Crippen molar-refractivity contribution in [3.05, 3.63) is 51.2 Å². The van der Waals surface area contributed by atoms with Crippen LogP contribution in [0.2, 0.25) is 4.34 Å². The third-order valence-corrected chi connectivity index (χ3v) is 5.17. The van der Waals surface area contributed by atoms with E-state index in [0.717, 1.165) is 17.3 Å². The van der Waals surface area contributed by atoms with Gasteiger partial charge in [-0.25, -0.2) is 0 Å². The van der Waals surface area contributed by atoms with Gasteiger partial charge >= 0.3 is 0 Å². The topological polar surface area (TPSA) is 29.3 Å².